The number of carbonyl (C=O) groups excluding carboxylic acids is 1. The van der Waals surface area contributed by atoms with Gasteiger partial charge in [-0.3, -0.25) is 9.69 Å². The van der Waals surface area contributed by atoms with Crippen molar-refractivity contribution in [1.29, 1.82) is 0 Å². The molecule has 0 aliphatic carbocycles. The summed E-state index contributed by atoms with van der Waals surface area (Å²) in [4.78, 5) is 23.1. The molecule has 0 unspecified atom stereocenters. The summed E-state index contributed by atoms with van der Waals surface area (Å²) in [5, 5.41) is 3.55. The van der Waals surface area contributed by atoms with E-state index in [0.717, 1.165) is 37.3 Å². The van der Waals surface area contributed by atoms with E-state index in [1.54, 1.807) is 6.07 Å². The van der Waals surface area contributed by atoms with Crippen molar-refractivity contribution in [1.82, 2.24) is 14.9 Å². The van der Waals surface area contributed by atoms with Crippen LogP contribution in [-0.2, 0) is 6.54 Å². The number of nitrogens with one attached hydrogen (secondary N) is 1. The maximum absolute atomic E-state index is 12.6. The zero-order valence-electron chi connectivity index (χ0n) is 17.5. The Morgan fingerprint density at radius 1 is 1.03 bits per heavy atom. The fraction of sp³-hybridized carbons (Fsp3) is 0.320. The van der Waals surface area contributed by atoms with E-state index in [1.165, 1.54) is 24.7 Å². The van der Waals surface area contributed by atoms with Crippen LogP contribution >= 0.6 is 11.6 Å². The lowest BCUT2D eigenvalue weighted by atomic mass is 9.90. The van der Waals surface area contributed by atoms with E-state index >= 15 is 0 Å². The summed E-state index contributed by atoms with van der Waals surface area (Å²) in [5.74, 6) is 1.47. The van der Waals surface area contributed by atoms with Crippen molar-refractivity contribution in [2.75, 3.05) is 18.4 Å². The Morgan fingerprint density at radius 2 is 1.77 bits per heavy atom. The highest BCUT2D eigenvalue weighted by Crippen LogP contribution is 2.24. The Morgan fingerprint density at radius 3 is 2.48 bits per heavy atom. The number of ketones is 1. The molecule has 0 bridgehead atoms. The van der Waals surface area contributed by atoms with Gasteiger partial charge in [-0.05, 0) is 68.1 Å². The van der Waals surface area contributed by atoms with E-state index < -0.39 is 0 Å². The van der Waals surface area contributed by atoms with Crippen LogP contribution in [0.1, 0.15) is 41.6 Å². The fourth-order valence-electron chi connectivity index (χ4n) is 4.04. The van der Waals surface area contributed by atoms with Gasteiger partial charge in [-0.25, -0.2) is 9.97 Å². The second-order valence-electron chi connectivity index (χ2n) is 8.10. The monoisotopic (exact) mass is 434 g/mol. The highest BCUT2D eigenvalue weighted by atomic mass is 35.5. The summed E-state index contributed by atoms with van der Waals surface area (Å²) in [7, 11) is 0. The highest BCUT2D eigenvalue weighted by molar-refractivity contribution is 6.29. The molecule has 0 radical (unpaired) electrons. The normalized spacial score (nSPS) is 15.0. The molecule has 1 aromatic heterocycles. The summed E-state index contributed by atoms with van der Waals surface area (Å²) < 4.78 is 0. The molecule has 1 aliphatic heterocycles. The number of Topliss-reactive ketones (excluding diaryl/α,β-unsaturated/α-hetero) is 1. The number of anilines is 2. The third-order valence-electron chi connectivity index (χ3n) is 5.85. The summed E-state index contributed by atoms with van der Waals surface area (Å²) in [6.07, 6.45) is 5.33. The molecule has 0 spiro atoms. The van der Waals surface area contributed by atoms with E-state index in [4.69, 9.17) is 11.6 Å². The molecule has 1 aliphatic rings. The van der Waals surface area contributed by atoms with Gasteiger partial charge >= 0.3 is 0 Å². The van der Waals surface area contributed by atoms with E-state index in [9.17, 15) is 4.79 Å². The number of piperidine rings is 1. The molecule has 6 heteroatoms. The molecule has 160 valence electrons. The second kappa shape index (κ2) is 10.5. The number of aromatic nitrogens is 2. The van der Waals surface area contributed by atoms with Gasteiger partial charge in [-0.2, -0.15) is 0 Å². The Bertz CT molecular complexity index is 986. The van der Waals surface area contributed by atoms with Gasteiger partial charge in [0.1, 0.15) is 17.3 Å². The maximum atomic E-state index is 12.6. The molecule has 5 nitrogen and oxygen atoms in total. The minimum atomic E-state index is 0.211. The number of carbonyl (C=O) groups is 1. The molecule has 0 atom stereocenters. The van der Waals surface area contributed by atoms with Gasteiger partial charge in [0.25, 0.3) is 0 Å². The lowest BCUT2D eigenvalue weighted by Gasteiger charge is -2.32. The van der Waals surface area contributed by atoms with E-state index in [1.807, 2.05) is 24.3 Å². The second-order valence-corrected chi connectivity index (χ2v) is 8.48. The van der Waals surface area contributed by atoms with Crippen LogP contribution in [0.3, 0.4) is 0 Å². The fourth-order valence-corrected chi connectivity index (χ4v) is 4.19. The Kier molecular flexibility index (Phi) is 7.28. The maximum Gasteiger partial charge on any atom is 0.162 e. The summed E-state index contributed by atoms with van der Waals surface area (Å²) in [6.45, 7) is 3.25. The van der Waals surface area contributed by atoms with Gasteiger partial charge in [0, 0.05) is 30.3 Å². The van der Waals surface area contributed by atoms with Crippen LogP contribution in [0.5, 0.6) is 0 Å². The van der Waals surface area contributed by atoms with Gasteiger partial charge in [0.2, 0.25) is 0 Å². The van der Waals surface area contributed by atoms with Gasteiger partial charge in [0.05, 0.1) is 0 Å². The molecule has 0 amide bonds. The number of likely N-dealkylation sites (tertiary alicyclic amines) is 1. The van der Waals surface area contributed by atoms with Crippen molar-refractivity contribution in [3.8, 4) is 0 Å². The quantitative estimate of drug-likeness (QED) is 0.361. The predicted octanol–water partition coefficient (Wildman–Crippen LogP) is 5.75. The lowest BCUT2D eigenvalue weighted by molar-refractivity contribution is 0.0961. The third-order valence-corrected chi connectivity index (χ3v) is 6.06. The van der Waals surface area contributed by atoms with Crippen LogP contribution in [0.4, 0.5) is 11.5 Å². The first-order chi connectivity index (χ1) is 15.2. The summed E-state index contributed by atoms with van der Waals surface area (Å²) >= 11 is 5.88. The first kappa shape index (κ1) is 21.5. The average Bonchev–Trinajstić information content (AvgIpc) is 2.80. The molecule has 4 rings (SSSR count). The number of hydrogen-bond donors (Lipinski definition) is 1. The molecule has 1 fully saturated rings. The van der Waals surface area contributed by atoms with Crippen molar-refractivity contribution < 1.29 is 4.79 Å². The topological polar surface area (TPSA) is 58.1 Å². The molecule has 0 saturated carbocycles. The van der Waals surface area contributed by atoms with Crippen LogP contribution in [0.25, 0.3) is 0 Å². The van der Waals surface area contributed by atoms with Crippen molar-refractivity contribution in [3.63, 3.8) is 0 Å². The number of hydrogen-bond acceptors (Lipinski definition) is 5. The number of rotatable bonds is 8. The third kappa shape index (κ3) is 6.36. The molecular weight excluding hydrogens is 408 g/mol. The van der Waals surface area contributed by atoms with E-state index in [-0.39, 0.29) is 5.78 Å². The number of benzene rings is 2. The zero-order chi connectivity index (χ0) is 21.5. The van der Waals surface area contributed by atoms with Crippen molar-refractivity contribution in [3.05, 3.63) is 83.3 Å². The SMILES string of the molecule is O=C(CCC1CCN(Cc2ccccc2)CC1)c1ccc(Nc2cc(Cl)ncn2)cc1. The zero-order valence-corrected chi connectivity index (χ0v) is 18.3. The first-order valence-corrected chi connectivity index (χ1v) is 11.2. The molecule has 3 aromatic rings. The van der Waals surface area contributed by atoms with Gasteiger partial charge in [-0.1, -0.05) is 41.9 Å². The Labute approximate surface area is 188 Å². The van der Waals surface area contributed by atoms with Crippen LogP contribution in [-0.4, -0.2) is 33.7 Å². The number of halogens is 1. The molecule has 1 saturated heterocycles. The largest absolute Gasteiger partial charge is 0.340 e. The summed E-state index contributed by atoms with van der Waals surface area (Å²) in [6, 6.07) is 19.8. The Hall–Kier alpha value is -2.76. The van der Waals surface area contributed by atoms with Crippen LogP contribution < -0.4 is 5.32 Å². The lowest BCUT2D eigenvalue weighted by Crippen LogP contribution is -2.33. The van der Waals surface area contributed by atoms with Gasteiger partial charge in [-0.15, -0.1) is 0 Å². The van der Waals surface area contributed by atoms with Gasteiger partial charge < -0.3 is 5.32 Å². The van der Waals surface area contributed by atoms with Crippen LogP contribution in [0.15, 0.2) is 67.0 Å². The molecule has 31 heavy (non-hydrogen) atoms. The minimum Gasteiger partial charge on any atom is -0.340 e. The van der Waals surface area contributed by atoms with Crippen molar-refractivity contribution >= 4 is 28.9 Å². The van der Waals surface area contributed by atoms with Crippen LogP contribution in [0, 0.1) is 5.92 Å². The first-order valence-electron chi connectivity index (χ1n) is 10.8. The van der Waals surface area contributed by atoms with Crippen LogP contribution in [0.2, 0.25) is 5.15 Å². The molecule has 2 aromatic carbocycles. The van der Waals surface area contributed by atoms with E-state index in [0.29, 0.717) is 23.3 Å². The standard InChI is InChI=1S/C25H27ClN4O/c26-24-16-25(28-18-27-24)29-22-9-7-21(8-10-22)23(31)11-6-19-12-14-30(15-13-19)17-20-4-2-1-3-5-20/h1-5,7-10,16,18-19H,6,11-15,17H2,(H,27,28,29). The van der Waals surface area contributed by atoms with E-state index in [2.05, 4.69) is 50.5 Å². The summed E-state index contributed by atoms with van der Waals surface area (Å²) in [5.41, 5.74) is 2.99. The smallest absolute Gasteiger partial charge is 0.162 e. The molecule has 2 heterocycles. The average molecular weight is 435 g/mol. The van der Waals surface area contributed by atoms with Crippen molar-refractivity contribution in [2.45, 2.75) is 32.2 Å². The number of nitrogens with zero attached hydrogens (tertiary/aromatic N) is 3. The molecule has 1 N–H and O–H groups in total. The predicted molar refractivity (Wildman–Crippen MR) is 125 cm³/mol. The van der Waals surface area contributed by atoms with Crippen molar-refractivity contribution in [2.24, 2.45) is 5.92 Å². The highest BCUT2D eigenvalue weighted by Gasteiger charge is 2.20. The minimum absolute atomic E-state index is 0.211. The van der Waals surface area contributed by atoms with Gasteiger partial charge in [0.15, 0.2) is 5.78 Å². The Balaban J connectivity index is 1.21. The molecular formula is C25H27ClN4O.